The van der Waals surface area contributed by atoms with Gasteiger partial charge in [-0.25, -0.2) is 19.9 Å². The smallest absolute Gasteiger partial charge is 0.187 e. The highest BCUT2D eigenvalue weighted by molar-refractivity contribution is 8.01. The fourth-order valence-electron chi connectivity index (χ4n) is 5.15. The molecule has 2 aromatic heterocycles. The summed E-state index contributed by atoms with van der Waals surface area (Å²) in [7, 11) is -4.04. The second kappa shape index (κ2) is 42.3. The molecule has 0 aliphatic rings. The van der Waals surface area contributed by atoms with Gasteiger partial charge >= 0.3 is 0 Å². The van der Waals surface area contributed by atoms with Crippen LogP contribution in [0.25, 0.3) is 20.9 Å². The summed E-state index contributed by atoms with van der Waals surface area (Å²) in [5.74, 6) is 0. The molecule has 0 saturated carbocycles. The molecule has 2 aromatic rings. The molecule has 0 N–H and O–H groups in total. The van der Waals surface area contributed by atoms with Gasteiger partial charge in [-0.05, 0) is 37.3 Å². The standard InChI is InChI=1S/C40H72N10O13S2Si2/c1-66(2,35-64-39-43-29-37(30-44-39)33-61-27-25-59-23-21-57-19-17-55-15-13-53-11-9-51-7-5-47-49-41)63-67(3,4)36-65-40-45-31-38(32-46-40)34-62-28-26-60-24-22-58-20-18-56-16-14-54-12-10-52-8-6-48-50-42/h29-32H,5-28,33-36H2,1-4H3. The molecular weight excluding hydrogens is 949 g/mol. The van der Waals surface area contributed by atoms with E-state index in [1.165, 1.54) is 0 Å². The number of hydrogen-bond acceptors (Lipinski definition) is 21. The fraction of sp³-hybridized carbons (Fsp3) is 0.800. The van der Waals surface area contributed by atoms with Crippen LogP contribution in [-0.2, 0) is 74.2 Å². The van der Waals surface area contributed by atoms with E-state index in [1.54, 1.807) is 48.3 Å². The van der Waals surface area contributed by atoms with Crippen LogP contribution in [0, 0.1) is 0 Å². The van der Waals surface area contributed by atoms with Crippen molar-refractivity contribution in [1.82, 2.24) is 19.9 Å². The molecule has 0 aliphatic heterocycles. The minimum atomic E-state index is -2.02. The molecule has 0 fully saturated rings. The number of thioether (sulfide) groups is 2. The molecule has 2 heterocycles. The summed E-state index contributed by atoms with van der Waals surface area (Å²) in [6.45, 7) is 20.6. The normalized spacial score (nSPS) is 11.8. The van der Waals surface area contributed by atoms with E-state index in [1.807, 2.05) is 0 Å². The zero-order valence-corrected chi connectivity index (χ0v) is 43.3. The lowest BCUT2D eigenvalue weighted by Gasteiger charge is -2.33. The van der Waals surface area contributed by atoms with Crippen LogP contribution in [0.3, 0.4) is 0 Å². The van der Waals surface area contributed by atoms with E-state index < -0.39 is 16.6 Å². The van der Waals surface area contributed by atoms with Gasteiger partial charge in [0.2, 0.25) is 0 Å². The Kier molecular flexibility index (Phi) is 38.2. The highest BCUT2D eigenvalue weighted by Crippen LogP contribution is 2.26. The Labute approximate surface area is 405 Å². The number of hydrogen-bond donors (Lipinski definition) is 0. The number of ether oxygens (including phenoxy) is 12. The van der Waals surface area contributed by atoms with Crippen LogP contribution >= 0.6 is 23.5 Å². The van der Waals surface area contributed by atoms with Gasteiger partial charge in [0.1, 0.15) is 0 Å². The lowest BCUT2D eigenvalue weighted by molar-refractivity contribution is -0.0174. The van der Waals surface area contributed by atoms with Crippen molar-refractivity contribution in [2.75, 3.05) is 169 Å². The molecule has 0 unspecified atom stereocenters. The predicted octanol–water partition coefficient (Wildman–Crippen LogP) is 5.48. The Hall–Kier alpha value is -2.61. The van der Waals surface area contributed by atoms with Crippen LogP contribution in [-0.4, -0.2) is 206 Å². The van der Waals surface area contributed by atoms with Crippen molar-refractivity contribution in [3.63, 3.8) is 0 Å². The van der Waals surface area contributed by atoms with Crippen LogP contribution in [0.1, 0.15) is 11.1 Å². The molecule has 23 nitrogen and oxygen atoms in total. The first-order chi connectivity index (χ1) is 32.7. The molecular formula is C40H72N10O13S2Si2. The number of aromatic nitrogens is 4. The average molecular weight is 1020 g/mol. The van der Waals surface area contributed by atoms with Crippen molar-refractivity contribution in [2.45, 2.75) is 49.7 Å². The highest BCUT2D eigenvalue weighted by atomic mass is 32.2. The summed E-state index contributed by atoms with van der Waals surface area (Å²) >= 11 is 3.26. The third-order valence-corrected chi connectivity index (χ3v) is 20.1. The van der Waals surface area contributed by atoms with Gasteiger partial charge in [0.25, 0.3) is 0 Å². The Morgan fingerprint density at radius 3 is 0.896 bits per heavy atom. The van der Waals surface area contributed by atoms with Crippen LogP contribution in [0.5, 0.6) is 0 Å². The van der Waals surface area contributed by atoms with Gasteiger partial charge in [-0.15, -0.1) is 0 Å². The zero-order chi connectivity index (χ0) is 48.2. The van der Waals surface area contributed by atoms with E-state index in [9.17, 15) is 0 Å². The Morgan fingerprint density at radius 1 is 0.403 bits per heavy atom. The molecule has 380 valence electrons. The molecule has 0 saturated heterocycles. The van der Waals surface area contributed by atoms with E-state index in [0.29, 0.717) is 172 Å². The third kappa shape index (κ3) is 37.9. The summed E-state index contributed by atoms with van der Waals surface area (Å²) in [5, 5.41) is 9.90. The lowest BCUT2D eigenvalue weighted by Crippen LogP contribution is -2.48. The molecule has 67 heavy (non-hydrogen) atoms. The van der Waals surface area contributed by atoms with Gasteiger partial charge in [0, 0.05) is 69.6 Å². The van der Waals surface area contributed by atoms with Crippen LogP contribution in [0.15, 0.2) is 45.3 Å². The van der Waals surface area contributed by atoms with Gasteiger partial charge in [-0.3, -0.25) is 0 Å². The van der Waals surface area contributed by atoms with Gasteiger partial charge in [-0.2, -0.15) is 0 Å². The van der Waals surface area contributed by atoms with E-state index >= 15 is 0 Å². The molecule has 27 heteroatoms. The third-order valence-electron chi connectivity index (χ3n) is 8.07. The van der Waals surface area contributed by atoms with E-state index in [0.717, 1.165) is 32.2 Å². The van der Waals surface area contributed by atoms with Crippen molar-refractivity contribution in [3.05, 3.63) is 56.8 Å². The first-order valence-electron chi connectivity index (χ1n) is 22.3. The first-order valence-corrected chi connectivity index (χ1v) is 30.5. The summed E-state index contributed by atoms with van der Waals surface area (Å²) in [6, 6.07) is 0. The van der Waals surface area contributed by atoms with Gasteiger partial charge in [-0.1, -0.05) is 33.8 Å². The van der Waals surface area contributed by atoms with E-state index in [4.69, 9.17) is 72.0 Å². The molecule has 0 amide bonds. The second-order valence-electron chi connectivity index (χ2n) is 15.1. The number of azide groups is 2. The van der Waals surface area contributed by atoms with Crippen molar-refractivity contribution in [1.29, 1.82) is 0 Å². The Balaban J connectivity index is 1.42. The molecule has 2 rings (SSSR count). The number of rotatable bonds is 48. The maximum atomic E-state index is 8.19. The van der Waals surface area contributed by atoms with Gasteiger partial charge in [0.05, 0.1) is 159 Å². The fourth-order valence-corrected chi connectivity index (χ4v) is 17.0. The molecule has 0 radical (unpaired) electrons. The van der Waals surface area contributed by atoms with Gasteiger partial charge in [0.15, 0.2) is 26.9 Å². The first kappa shape index (κ1) is 60.5. The largest absolute Gasteiger partial charge is 0.454 e. The SMILES string of the molecule is C[Si](C)(CSc1ncc(COCCOCCOCCOCCOCCOCCN=[N+]=[N-])cn1)O[Si](C)(C)CSc1ncc(COCCOCCOCCOCCOCCOCCN=[N+]=[N-])cn1. The molecule has 0 atom stereocenters. The Bertz CT molecular complexity index is 1470. The minimum absolute atomic E-state index is 0.319. The quantitative estimate of drug-likeness (QED) is 0.0151. The second-order valence-corrected chi connectivity index (χ2v) is 26.6. The predicted molar refractivity (Wildman–Crippen MR) is 257 cm³/mol. The van der Waals surface area contributed by atoms with Crippen molar-refractivity contribution < 1.29 is 61.0 Å². The lowest BCUT2D eigenvalue weighted by atomic mass is 10.4. The minimum Gasteiger partial charge on any atom is -0.454 e. The highest BCUT2D eigenvalue weighted by Gasteiger charge is 2.34. The van der Waals surface area contributed by atoms with Gasteiger partial charge < -0.3 is 61.0 Å². The molecule has 0 spiro atoms. The summed E-state index contributed by atoms with van der Waals surface area (Å²) < 4.78 is 72.7. The maximum absolute atomic E-state index is 8.19. The zero-order valence-electron chi connectivity index (χ0n) is 39.7. The van der Waals surface area contributed by atoms with Crippen LogP contribution in [0.4, 0.5) is 0 Å². The van der Waals surface area contributed by atoms with E-state index in [-0.39, 0.29) is 0 Å². The average Bonchev–Trinajstić information content (AvgIpc) is 3.32. The van der Waals surface area contributed by atoms with Crippen molar-refractivity contribution in [2.24, 2.45) is 10.2 Å². The van der Waals surface area contributed by atoms with Crippen LogP contribution in [0.2, 0.25) is 26.2 Å². The van der Waals surface area contributed by atoms with E-state index in [2.05, 4.69) is 66.2 Å². The maximum Gasteiger partial charge on any atom is 0.187 e. The topological polar surface area (TPSA) is 269 Å². The van der Waals surface area contributed by atoms with Crippen LogP contribution < -0.4 is 0 Å². The molecule has 0 aliphatic carbocycles. The number of nitrogens with zero attached hydrogens (tertiary/aromatic N) is 10. The monoisotopic (exact) mass is 1020 g/mol. The van der Waals surface area contributed by atoms with Crippen molar-refractivity contribution in [3.8, 4) is 0 Å². The summed E-state index contributed by atoms with van der Waals surface area (Å²) in [5.41, 5.74) is 18.2. The molecule has 0 aromatic carbocycles. The van der Waals surface area contributed by atoms with Crippen molar-refractivity contribution >= 4 is 40.2 Å². The Morgan fingerprint density at radius 2 is 0.642 bits per heavy atom. The summed E-state index contributed by atoms with van der Waals surface area (Å²) in [6.07, 6.45) is 7.22. The molecule has 0 bridgehead atoms. The summed E-state index contributed by atoms with van der Waals surface area (Å²) in [4.78, 5) is 23.5.